The number of carbonyl (C=O) groups is 3. The molecule has 0 saturated heterocycles. The van der Waals surface area contributed by atoms with Crippen LogP contribution in [0.15, 0.2) is 5.11 Å². The molecular formula is C39H75N5O11. The summed E-state index contributed by atoms with van der Waals surface area (Å²) in [6.07, 6.45) is 19.0. The van der Waals surface area contributed by atoms with Gasteiger partial charge in [0, 0.05) is 30.8 Å². The smallest absolute Gasteiger partial charge is 0.326 e. The van der Waals surface area contributed by atoms with E-state index >= 15 is 0 Å². The van der Waals surface area contributed by atoms with Gasteiger partial charge < -0.3 is 48.9 Å². The van der Waals surface area contributed by atoms with Gasteiger partial charge in [-0.05, 0) is 18.4 Å². The number of ether oxygens (including phenoxy) is 7. The van der Waals surface area contributed by atoms with E-state index in [-0.39, 0.29) is 24.7 Å². The highest BCUT2D eigenvalue weighted by Crippen LogP contribution is 2.14. The standard InChI is InChI=1S/C39H75N5O11/c1-2-3-4-5-6-7-8-9-10-11-12-13-14-15-16-17-38(46)43-36(39(47)48)18-19-37(45)41-20-22-49-24-26-51-28-30-53-32-34-55-35-33-54-31-29-52-27-25-50-23-21-42-44-40/h36H,2-35H2,1H3,(H,41,45)(H,43,46)(H,47,48)/t36-/m0/s1. The number of nitrogens with one attached hydrogen (secondary N) is 2. The van der Waals surface area contributed by atoms with Gasteiger partial charge in [-0.2, -0.15) is 0 Å². The zero-order chi connectivity index (χ0) is 40.1. The van der Waals surface area contributed by atoms with Crippen molar-refractivity contribution in [1.82, 2.24) is 10.6 Å². The van der Waals surface area contributed by atoms with Crippen molar-refractivity contribution in [2.45, 2.75) is 129 Å². The topological polar surface area (TPSA) is 209 Å². The zero-order valence-corrected chi connectivity index (χ0v) is 34.0. The van der Waals surface area contributed by atoms with Crippen LogP contribution in [-0.2, 0) is 47.5 Å². The minimum Gasteiger partial charge on any atom is -0.480 e. The number of aliphatic carboxylic acids is 1. The summed E-state index contributed by atoms with van der Waals surface area (Å²) in [6, 6.07) is -1.09. The fraction of sp³-hybridized carbons (Fsp3) is 0.923. The lowest BCUT2D eigenvalue weighted by Gasteiger charge is -2.14. The fourth-order valence-corrected chi connectivity index (χ4v) is 5.38. The number of hydrogen-bond acceptors (Lipinski definition) is 11. The Morgan fingerprint density at radius 1 is 0.545 bits per heavy atom. The minimum absolute atomic E-state index is 0.00529. The predicted molar refractivity (Wildman–Crippen MR) is 211 cm³/mol. The van der Waals surface area contributed by atoms with Gasteiger partial charge in [-0.15, -0.1) is 0 Å². The molecule has 0 aromatic carbocycles. The summed E-state index contributed by atoms with van der Waals surface area (Å²) >= 11 is 0. The average molecular weight is 790 g/mol. The van der Waals surface area contributed by atoms with Crippen molar-refractivity contribution in [1.29, 1.82) is 0 Å². The van der Waals surface area contributed by atoms with Crippen molar-refractivity contribution in [3.8, 4) is 0 Å². The Morgan fingerprint density at radius 2 is 0.927 bits per heavy atom. The summed E-state index contributed by atoms with van der Waals surface area (Å²) in [5, 5.41) is 18.2. The van der Waals surface area contributed by atoms with E-state index in [0.717, 1.165) is 19.3 Å². The molecule has 0 aliphatic carbocycles. The third-order valence-corrected chi connectivity index (χ3v) is 8.50. The SMILES string of the molecule is CCCCCCCCCCCCCCCCCC(=O)N[C@@H](CCC(=O)NCCOCCOCCOCCOCCOCCOCCOCCN=[N+]=[N-])C(=O)O. The molecule has 0 rings (SSSR count). The summed E-state index contributed by atoms with van der Waals surface area (Å²) in [5.41, 5.74) is 8.15. The summed E-state index contributed by atoms with van der Waals surface area (Å²) < 4.78 is 37.8. The van der Waals surface area contributed by atoms with Crippen molar-refractivity contribution >= 4 is 17.8 Å². The van der Waals surface area contributed by atoms with E-state index in [1.54, 1.807) is 0 Å². The number of unbranched alkanes of at least 4 members (excludes halogenated alkanes) is 14. The number of carboxylic acids is 1. The van der Waals surface area contributed by atoms with Crippen molar-refractivity contribution in [3.05, 3.63) is 10.4 Å². The molecule has 0 fully saturated rings. The Labute approximate surface area is 330 Å². The highest BCUT2D eigenvalue weighted by atomic mass is 16.6. The third-order valence-electron chi connectivity index (χ3n) is 8.50. The summed E-state index contributed by atoms with van der Waals surface area (Å²) in [6.45, 7) is 8.77. The van der Waals surface area contributed by atoms with Crippen molar-refractivity contribution in [2.75, 3.05) is 106 Å². The van der Waals surface area contributed by atoms with Crippen LogP contribution in [0.5, 0.6) is 0 Å². The van der Waals surface area contributed by atoms with E-state index in [1.807, 2.05) is 0 Å². The number of rotatable bonds is 45. The maximum atomic E-state index is 12.3. The van der Waals surface area contributed by atoms with Crippen LogP contribution >= 0.6 is 0 Å². The maximum absolute atomic E-state index is 12.3. The Balaban J connectivity index is 3.51. The molecule has 0 aromatic heterocycles. The lowest BCUT2D eigenvalue weighted by atomic mass is 10.0. The number of azide groups is 1. The first-order valence-corrected chi connectivity index (χ1v) is 20.8. The van der Waals surface area contributed by atoms with Crippen LogP contribution in [0.3, 0.4) is 0 Å². The first-order valence-electron chi connectivity index (χ1n) is 20.8. The van der Waals surface area contributed by atoms with E-state index < -0.39 is 12.0 Å². The number of hydrogen-bond donors (Lipinski definition) is 3. The summed E-state index contributed by atoms with van der Waals surface area (Å²) in [7, 11) is 0. The molecule has 2 amide bonds. The van der Waals surface area contributed by atoms with Crippen molar-refractivity contribution in [3.63, 3.8) is 0 Å². The molecule has 0 saturated carbocycles. The monoisotopic (exact) mass is 790 g/mol. The van der Waals surface area contributed by atoms with Gasteiger partial charge in [0.05, 0.1) is 92.5 Å². The first kappa shape index (κ1) is 52.4. The molecule has 16 nitrogen and oxygen atoms in total. The van der Waals surface area contributed by atoms with Crippen LogP contribution in [-0.4, -0.2) is 135 Å². The van der Waals surface area contributed by atoms with Crippen LogP contribution in [0.4, 0.5) is 0 Å². The molecular weight excluding hydrogens is 714 g/mol. The molecule has 3 N–H and O–H groups in total. The minimum atomic E-state index is -1.14. The maximum Gasteiger partial charge on any atom is 0.326 e. The van der Waals surface area contributed by atoms with Gasteiger partial charge in [-0.1, -0.05) is 102 Å². The predicted octanol–water partition coefficient (Wildman–Crippen LogP) is 6.14. The Hall–Kier alpha value is -2.56. The highest BCUT2D eigenvalue weighted by molar-refractivity contribution is 5.84. The third kappa shape index (κ3) is 42.4. The summed E-state index contributed by atoms with van der Waals surface area (Å²) in [4.78, 5) is 38.7. The Morgan fingerprint density at radius 3 is 1.33 bits per heavy atom. The molecule has 16 heteroatoms. The lowest BCUT2D eigenvalue weighted by Crippen LogP contribution is -2.41. The van der Waals surface area contributed by atoms with Gasteiger partial charge in [0.15, 0.2) is 0 Å². The lowest BCUT2D eigenvalue weighted by molar-refractivity contribution is -0.142. The van der Waals surface area contributed by atoms with Crippen molar-refractivity contribution in [2.24, 2.45) is 5.11 Å². The van der Waals surface area contributed by atoms with Crippen LogP contribution in [0.2, 0.25) is 0 Å². The quantitative estimate of drug-likeness (QED) is 0.0276. The van der Waals surface area contributed by atoms with E-state index in [2.05, 4.69) is 27.6 Å². The first-order chi connectivity index (χ1) is 27.0. The van der Waals surface area contributed by atoms with Gasteiger partial charge in [0.2, 0.25) is 11.8 Å². The number of nitrogens with zero attached hydrogens (tertiary/aromatic N) is 3. The molecule has 0 bridgehead atoms. The van der Waals surface area contributed by atoms with Gasteiger partial charge in [-0.3, -0.25) is 9.59 Å². The summed E-state index contributed by atoms with van der Waals surface area (Å²) in [5.74, 6) is -1.71. The molecule has 0 aliphatic rings. The molecule has 0 unspecified atom stereocenters. The second-order valence-corrected chi connectivity index (χ2v) is 13.3. The largest absolute Gasteiger partial charge is 0.480 e. The van der Waals surface area contributed by atoms with Crippen LogP contribution in [0.1, 0.15) is 122 Å². The molecule has 0 heterocycles. The van der Waals surface area contributed by atoms with Gasteiger partial charge >= 0.3 is 5.97 Å². The molecule has 0 aliphatic heterocycles. The van der Waals surface area contributed by atoms with Crippen molar-refractivity contribution < 1.29 is 52.6 Å². The number of amides is 2. The molecule has 0 aromatic rings. The van der Waals surface area contributed by atoms with Gasteiger partial charge in [0.1, 0.15) is 6.04 Å². The normalized spacial score (nSPS) is 11.7. The average Bonchev–Trinajstić information content (AvgIpc) is 3.17. The molecule has 0 spiro atoms. The highest BCUT2D eigenvalue weighted by Gasteiger charge is 2.20. The van der Waals surface area contributed by atoms with Gasteiger partial charge in [0.25, 0.3) is 0 Å². The second-order valence-electron chi connectivity index (χ2n) is 13.3. The van der Waals surface area contributed by atoms with E-state index in [4.69, 9.17) is 38.7 Å². The van der Waals surface area contributed by atoms with Crippen LogP contribution in [0.25, 0.3) is 10.4 Å². The fourth-order valence-electron chi connectivity index (χ4n) is 5.38. The Bertz CT molecular complexity index is 929. The molecule has 1 atom stereocenters. The molecule has 0 radical (unpaired) electrons. The number of carboxylic acid groups (broad SMARTS) is 1. The van der Waals surface area contributed by atoms with E-state index in [0.29, 0.717) is 112 Å². The Kier molecular flexibility index (Phi) is 42.1. The van der Waals surface area contributed by atoms with E-state index in [1.165, 1.54) is 77.0 Å². The molecule has 322 valence electrons. The second kappa shape index (κ2) is 44.2. The zero-order valence-electron chi connectivity index (χ0n) is 34.0. The molecule has 55 heavy (non-hydrogen) atoms. The number of carbonyl (C=O) groups excluding carboxylic acids is 2. The van der Waals surface area contributed by atoms with Crippen LogP contribution < -0.4 is 10.6 Å². The van der Waals surface area contributed by atoms with Gasteiger partial charge in [-0.25, -0.2) is 4.79 Å². The van der Waals surface area contributed by atoms with Crippen LogP contribution in [0, 0.1) is 0 Å². The van der Waals surface area contributed by atoms with E-state index in [9.17, 15) is 19.5 Å².